The maximum atomic E-state index is 15.7. The molecule has 0 radical (unpaired) electrons. The summed E-state index contributed by atoms with van der Waals surface area (Å²) in [6.07, 6.45) is -8.14. The number of hydrogen-bond donors (Lipinski definition) is 0. The van der Waals surface area contributed by atoms with Gasteiger partial charge < -0.3 is 4.18 Å². The zero-order valence-corrected chi connectivity index (χ0v) is 31.8. The quantitative estimate of drug-likeness (QED) is 0.126. The summed E-state index contributed by atoms with van der Waals surface area (Å²) in [6.45, 7) is 4.50. The van der Waals surface area contributed by atoms with Crippen LogP contribution in [-0.4, -0.2) is 71.4 Å². The minimum atomic E-state index is -9.56. The number of rotatable bonds is 17. The zero-order valence-electron chi connectivity index (χ0n) is 31.0. The monoisotopic (exact) mass is 960 g/mol. The second-order valence-corrected chi connectivity index (χ2v) is 15.7. The molecule has 62 heavy (non-hydrogen) atoms. The zero-order chi connectivity index (χ0) is 48.4. The maximum Gasteiger partial charge on any atom is 0.460 e. The second kappa shape index (κ2) is 16.1. The van der Waals surface area contributed by atoms with Crippen molar-refractivity contribution < 1.29 is 110 Å². The number of carbonyl (C=O) groups excluding carboxylic acids is 1. The highest BCUT2D eigenvalue weighted by Gasteiger charge is 2.99. The van der Waals surface area contributed by atoms with E-state index in [1.54, 1.807) is 6.92 Å². The Balaban J connectivity index is 2.34. The molecule has 0 spiro atoms. The van der Waals surface area contributed by atoms with Gasteiger partial charge in [-0.1, -0.05) is 69.3 Å². The summed E-state index contributed by atoms with van der Waals surface area (Å²) < 4.78 is 331. The van der Waals surface area contributed by atoms with Gasteiger partial charge in [0.15, 0.2) is 0 Å². The highest BCUT2D eigenvalue weighted by atomic mass is 32.3. The molecule has 3 aromatic rings. The fourth-order valence-electron chi connectivity index (χ4n) is 5.71. The summed E-state index contributed by atoms with van der Waals surface area (Å²) in [5, 5.41) is 0. The maximum absolute atomic E-state index is 15.7. The summed E-state index contributed by atoms with van der Waals surface area (Å²) in [5.41, 5.74) is 0.685. The fourth-order valence-corrected chi connectivity index (χ4v) is 9.29. The Morgan fingerprint density at radius 1 is 0.435 bits per heavy atom. The van der Waals surface area contributed by atoms with E-state index in [0.717, 1.165) is 48.5 Å². The third kappa shape index (κ3) is 7.20. The predicted molar refractivity (Wildman–Crippen MR) is 171 cm³/mol. The Morgan fingerprint density at radius 3 is 1.00 bits per heavy atom. The van der Waals surface area contributed by atoms with E-state index in [2.05, 4.69) is 0 Å². The van der Waals surface area contributed by atoms with Crippen LogP contribution in [0.1, 0.15) is 37.5 Å². The molecule has 2 nitrogen and oxygen atoms in total. The SMILES string of the molecule is CCc1cc(CC)c(S(OC(=O)C(F)(F)C(F)(F)C(F)(F)C(F)(F)C(F)(F)C(F)(F)C(F)(F)C(F)(F)C(F)(F)C(F)(F)C(F)(F)F)(c2ccccc2)c2ccccc2)c(CC)c1. The van der Waals surface area contributed by atoms with Crippen molar-refractivity contribution in [2.75, 3.05) is 0 Å². The van der Waals surface area contributed by atoms with Gasteiger partial charge in [-0.15, -0.1) is 0 Å². The summed E-state index contributed by atoms with van der Waals surface area (Å²) in [6, 6.07) is 13.9. The van der Waals surface area contributed by atoms with Crippen LogP contribution in [0.4, 0.5) is 101 Å². The van der Waals surface area contributed by atoms with Gasteiger partial charge in [-0.2, -0.15) is 101 Å². The number of aryl methyl sites for hydroxylation is 3. The first-order chi connectivity index (χ1) is 27.8. The first-order valence-electron chi connectivity index (χ1n) is 16.9. The van der Waals surface area contributed by atoms with Gasteiger partial charge in [0, 0.05) is 14.7 Å². The first kappa shape index (κ1) is 52.2. The van der Waals surface area contributed by atoms with Crippen LogP contribution in [0.3, 0.4) is 0 Å². The van der Waals surface area contributed by atoms with Crippen LogP contribution in [-0.2, 0) is 28.2 Å². The molecule has 0 heterocycles. The van der Waals surface area contributed by atoms with Gasteiger partial charge in [-0.3, -0.25) is 0 Å². The summed E-state index contributed by atoms with van der Waals surface area (Å²) in [4.78, 5) is 12.2. The Labute approximate surface area is 335 Å². The first-order valence-corrected chi connectivity index (χ1v) is 18.5. The van der Waals surface area contributed by atoms with Crippen molar-refractivity contribution >= 4 is 16.3 Å². The summed E-state index contributed by atoms with van der Waals surface area (Å²) in [7, 11) is -4.45. The van der Waals surface area contributed by atoms with Crippen LogP contribution in [0.15, 0.2) is 87.5 Å². The fraction of sp³-hybridized carbons (Fsp3) is 0.472. The van der Waals surface area contributed by atoms with Crippen LogP contribution >= 0.6 is 10.3 Å². The molecule has 0 unspecified atom stereocenters. The largest absolute Gasteiger partial charge is 0.460 e. The topological polar surface area (TPSA) is 26.3 Å². The molecule has 0 aliphatic rings. The molecule has 350 valence electrons. The molecule has 0 fully saturated rings. The van der Waals surface area contributed by atoms with Crippen LogP contribution in [0, 0.1) is 0 Å². The normalized spacial score (nSPS) is 15.1. The van der Waals surface area contributed by atoms with Gasteiger partial charge in [0.25, 0.3) is 0 Å². The van der Waals surface area contributed by atoms with Gasteiger partial charge >= 0.3 is 71.4 Å². The lowest BCUT2D eigenvalue weighted by Gasteiger charge is -2.45. The van der Waals surface area contributed by atoms with E-state index in [9.17, 15) is 79.4 Å². The van der Waals surface area contributed by atoms with Crippen molar-refractivity contribution in [1.29, 1.82) is 0 Å². The van der Waals surface area contributed by atoms with Gasteiger partial charge in [-0.05, 0) is 70.5 Å². The molecule has 0 saturated heterocycles. The predicted octanol–water partition coefficient (Wildman–Crippen LogP) is 14.0. The molecule has 0 aromatic heterocycles. The summed E-state index contributed by atoms with van der Waals surface area (Å²) in [5.74, 6) is -94.5. The highest BCUT2D eigenvalue weighted by molar-refractivity contribution is 8.30. The minimum Gasteiger partial charge on any atom is -0.397 e. The second-order valence-electron chi connectivity index (χ2n) is 13.1. The van der Waals surface area contributed by atoms with Crippen molar-refractivity contribution in [3.63, 3.8) is 0 Å². The van der Waals surface area contributed by atoms with Crippen LogP contribution < -0.4 is 0 Å². The number of benzene rings is 3. The highest BCUT2D eigenvalue weighted by Crippen LogP contribution is 2.73. The van der Waals surface area contributed by atoms with Crippen molar-refractivity contribution in [1.82, 2.24) is 0 Å². The van der Waals surface area contributed by atoms with Gasteiger partial charge in [0.1, 0.15) is 0 Å². The summed E-state index contributed by atoms with van der Waals surface area (Å²) >= 11 is 0. The van der Waals surface area contributed by atoms with Crippen molar-refractivity contribution in [3.8, 4) is 0 Å². The standard InChI is InChI=1S/C36H27F23O2S/c1-4-19-17-20(5-2)24(21(6-3)18-19)62(22-13-9-7-10-14-22,23-15-11-8-12-16-23)61-25(60)26(37,38)27(39,40)28(41,42)29(43,44)30(45,46)31(47,48)32(49,50)33(51,52)34(53,54)35(55,56)36(57,58)59/h7-18H,4-6H2,1-3H3. The number of carbonyl (C=O) groups is 1. The average Bonchev–Trinajstić information content (AvgIpc) is 3.18. The lowest BCUT2D eigenvalue weighted by molar-refractivity contribution is -0.477. The lowest BCUT2D eigenvalue weighted by atomic mass is 9.85. The van der Waals surface area contributed by atoms with E-state index in [1.807, 2.05) is 0 Å². The molecule has 0 N–H and O–H groups in total. The molecule has 0 saturated carbocycles. The average molecular weight is 961 g/mol. The Morgan fingerprint density at radius 2 is 0.726 bits per heavy atom. The molecular formula is C36H27F23O2S. The molecule has 0 aliphatic heterocycles. The molecule has 0 atom stereocenters. The number of hydrogen-bond acceptors (Lipinski definition) is 2. The van der Waals surface area contributed by atoms with Crippen molar-refractivity contribution in [2.24, 2.45) is 0 Å². The van der Waals surface area contributed by atoms with Crippen LogP contribution in [0.5, 0.6) is 0 Å². The Bertz CT molecular complexity index is 2000. The van der Waals surface area contributed by atoms with E-state index in [4.69, 9.17) is 4.18 Å². The van der Waals surface area contributed by atoms with E-state index in [1.165, 1.54) is 38.1 Å². The van der Waals surface area contributed by atoms with Crippen molar-refractivity contribution in [3.05, 3.63) is 89.5 Å². The van der Waals surface area contributed by atoms with Gasteiger partial charge in [-0.25, -0.2) is 4.79 Å². The van der Waals surface area contributed by atoms with Gasteiger partial charge in [0.05, 0.1) is 0 Å². The van der Waals surface area contributed by atoms with E-state index in [-0.39, 0.29) is 35.3 Å². The molecule has 26 heteroatoms. The van der Waals surface area contributed by atoms with E-state index < -0.39 is 91.5 Å². The number of alkyl halides is 23. The molecule has 0 bridgehead atoms. The molecule has 3 rings (SSSR count). The minimum absolute atomic E-state index is 0.0850. The van der Waals surface area contributed by atoms with Crippen LogP contribution in [0.2, 0.25) is 0 Å². The van der Waals surface area contributed by atoms with Gasteiger partial charge in [0.2, 0.25) is 0 Å². The van der Waals surface area contributed by atoms with E-state index >= 15 is 26.3 Å². The van der Waals surface area contributed by atoms with E-state index in [0.29, 0.717) is 5.56 Å². The Kier molecular flexibility index (Phi) is 13.6. The Hall–Kier alpha value is -4.13. The molecule has 0 aliphatic carbocycles. The lowest BCUT2D eigenvalue weighted by Crippen LogP contribution is -2.78. The smallest absolute Gasteiger partial charge is 0.397 e. The molecule has 3 aromatic carbocycles. The molecular weight excluding hydrogens is 933 g/mol. The molecule has 0 amide bonds. The van der Waals surface area contributed by atoms with Crippen LogP contribution in [0.25, 0.3) is 0 Å². The third-order valence-electron chi connectivity index (χ3n) is 9.27. The third-order valence-corrected chi connectivity index (χ3v) is 12.6. The number of halogens is 23. The van der Waals surface area contributed by atoms with Crippen molar-refractivity contribution in [2.45, 2.75) is 120 Å².